The topological polar surface area (TPSA) is 64.7 Å². The van der Waals surface area contributed by atoms with Crippen LogP contribution in [0.15, 0.2) is 54.6 Å². The van der Waals surface area contributed by atoms with Gasteiger partial charge in [0.05, 0.1) is 17.8 Å². The third kappa shape index (κ3) is 5.64. The molecule has 0 atom stereocenters. The molecule has 2 aromatic rings. The van der Waals surface area contributed by atoms with Gasteiger partial charge in [0.1, 0.15) is 0 Å². The van der Waals surface area contributed by atoms with Gasteiger partial charge in [0, 0.05) is 32.7 Å². The second kappa shape index (κ2) is 9.30. The molecule has 0 spiro atoms. The summed E-state index contributed by atoms with van der Waals surface area (Å²) in [5, 5.41) is 5.80. The second-order valence-electron chi connectivity index (χ2n) is 6.84. The summed E-state index contributed by atoms with van der Waals surface area (Å²) in [6, 6.07) is 16.9. The number of piperazine rings is 1. The standard InChI is InChI=1S/C21H26N4O2/c1-24-11-13-25(14-12-24)16-20(26)23-19-10-6-5-9-18(19)21(27)22-15-17-7-3-2-4-8-17/h2-10H,11-16H2,1H3,(H,22,27)(H,23,26). The van der Waals surface area contributed by atoms with E-state index in [2.05, 4.69) is 27.5 Å². The van der Waals surface area contributed by atoms with Crippen LogP contribution >= 0.6 is 0 Å². The molecule has 2 aromatic carbocycles. The van der Waals surface area contributed by atoms with Crippen LogP contribution in [0, 0.1) is 0 Å². The van der Waals surface area contributed by atoms with E-state index in [1.807, 2.05) is 36.4 Å². The largest absolute Gasteiger partial charge is 0.348 e. The highest BCUT2D eigenvalue weighted by Gasteiger charge is 2.18. The number of carbonyl (C=O) groups is 2. The second-order valence-corrected chi connectivity index (χ2v) is 6.84. The molecular formula is C21H26N4O2. The van der Waals surface area contributed by atoms with Gasteiger partial charge in [-0.2, -0.15) is 0 Å². The first kappa shape index (κ1) is 19.1. The highest BCUT2D eigenvalue weighted by molar-refractivity contribution is 6.04. The van der Waals surface area contributed by atoms with Gasteiger partial charge in [0.25, 0.3) is 5.91 Å². The van der Waals surface area contributed by atoms with E-state index in [0.29, 0.717) is 24.3 Å². The Morgan fingerprint density at radius 2 is 1.59 bits per heavy atom. The lowest BCUT2D eigenvalue weighted by molar-refractivity contribution is -0.117. The summed E-state index contributed by atoms with van der Waals surface area (Å²) in [6.07, 6.45) is 0. The number of amides is 2. The molecule has 1 saturated heterocycles. The van der Waals surface area contributed by atoms with Crippen LogP contribution in [0.4, 0.5) is 5.69 Å². The quantitative estimate of drug-likeness (QED) is 0.818. The molecule has 0 radical (unpaired) electrons. The third-order valence-corrected chi connectivity index (χ3v) is 4.70. The average molecular weight is 366 g/mol. The molecule has 0 aromatic heterocycles. The molecule has 2 amide bonds. The zero-order chi connectivity index (χ0) is 19.1. The monoisotopic (exact) mass is 366 g/mol. The number of nitrogens with zero attached hydrogens (tertiary/aromatic N) is 2. The Hall–Kier alpha value is -2.70. The Morgan fingerprint density at radius 3 is 2.33 bits per heavy atom. The van der Waals surface area contributed by atoms with Crippen LogP contribution in [0.3, 0.4) is 0 Å². The van der Waals surface area contributed by atoms with Gasteiger partial charge in [-0.25, -0.2) is 0 Å². The van der Waals surface area contributed by atoms with Crippen LogP contribution in [0.1, 0.15) is 15.9 Å². The van der Waals surface area contributed by atoms with Crippen molar-refractivity contribution in [3.8, 4) is 0 Å². The van der Waals surface area contributed by atoms with E-state index in [0.717, 1.165) is 31.7 Å². The molecule has 0 bridgehead atoms. The Bertz CT molecular complexity index is 771. The third-order valence-electron chi connectivity index (χ3n) is 4.70. The summed E-state index contributed by atoms with van der Waals surface area (Å²) in [4.78, 5) is 29.4. The van der Waals surface area contributed by atoms with E-state index in [4.69, 9.17) is 0 Å². The van der Waals surface area contributed by atoms with E-state index >= 15 is 0 Å². The Balaban J connectivity index is 1.58. The summed E-state index contributed by atoms with van der Waals surface area (Å²) < 4.78 is 0. The van der Waals surface area contributed by atoms with Gasteiger partial charge < -0.3 is 15.5 Å². The van der Waals surface area contributed by atoms with Crippen LogP contribution in [0.25, 0.3) is 0 Å². The molecule has 1 fully saturated rings. The van der Waals surface area contributed by atoms with Crippen LogP contribution < -0.4 is 10.6 Å². The van der Waals surface area contributed by atoms with Crippen LogP contribution in [-0.2, 0) is 11.3 Å². The van der Waals surface area contributed by atoms with Crippen LogP contribution in [-0.4, -0.2) is 61.4 Å². The zero-order valence-electron chi connectivity index (χ0n) is 15.6. The minimum Gasteiger partial charge on any atom is -0.348 e. The summed E-state index contributed by atoms with van der Waals surface area (Å²) >= 11 is 0. The minimum absolute atomic E-state index is 0.0946. The number of nitrogens with one attached hydrogen (secondary N) is 2. The molecule has 3 rings (SSSR count). The van der Waals surface area contributed by atoms with Gasteiger partial charge in [-0.3, -0.25) is 14.5 Å². The molecule has 0 saturated carbocycles. The Morgan fingerprint density at radius 1 is 0.926 bits per heavy atom. The van der Waals surface area contributed by atoms with Gasteiger partial charge in [0.15, 0.2) is 0 Å². The first-order valence-corrected chi connectivity index (χ1v) is 9.24. The number of hydrogen-bond donors (Lipinski definition) is 2. The molecule has 2 N–H and O–H groups in total. The van der Waals surface area contributed by atoms with Crippen molar-refractivity contribution in [1.29, 1.82) is 0 Å². The van der Waals surface area contributed by atoms with E-state index in [9.17, 15) is 9.59 Å². The summed E-state index contributed by atoms with van der Waals surface area (Å²) in [6.45, 7) is 4.47. The van der Waals surface area contributed by atoms with Crippen molar-refractivity contribution >= 4 is 17.5 Å². The number of likely N-dealkylation sites (N-methyl/N-ethyl adjacent to an activating group) is 1. The first-order chi connectivity index (χ1) is 13.1. The molecule has 142 valence electrons. The zero-order valence-corrected chi connectivity index (χ0v) is 15.6. The smallest absolute Gasteiger partial charge is 0.253 e. The lowest BCUT2D eigenvalue weighted by atomic mass is 10.1. The maximum atomic E-state index is 12.6. The predicted octanol–water partition coefficient (Wildman–Crippen LogP) is 1.80. The minimum atomic E-state index is -0.200. The fourth-order valence-corrected chi connectivity index (χ4v) is 3.06. The average Bonchev–Trinajstić information content (AvgIpc) is 2.69. The maximum Gasteiger partial charge on any atom is 0.253 e. The van der Waals surface area contributed by atoms with Crippen molar-refractivity contribution in [1.82, 2.24) is 15.1 Å². The lowest BCUT2D eigenvalue weighted by Gasteiger charge is -2.31. The number of rotatable bonds is 6. The summed E-state index contributed by atoms with van der Waals surface area (Å²) in [5.74, 6) is -0.294. The molecule has 1 aliphatic rings. The number of para-hydroxylation sites is 1. The summed E-state index contributed by atoms with van der Waals surface area (Å²) in [5.41, 5.74) is 2.05. The molecule has 0 aliphatic carbocycles. The van der Waals surface area contributed by atoms with Crippen molar-refractivity contribution in [2.24, 2.45) is 0 Å². The first-order valence-electron chi connectivity index (χ1n) is 9.24. The number of benzene rings is 2. The lowest BCUT2D eigenvalue weighted by Crippen LogP contribution is -2.47. The Kier molecular flexibility index (Phi) is 6.57. The van der Waals surface area contributed by atoms with Crippen molar-refractivity contribution < 1.29 is 9.59 Å². The highest BCUT2D eigenvalue weighted by Crippen LogP contribution is 2.15. The van der Waals surface area contributed by atoms with Gasteiger partial charge in [-0.05, 0) is 24.7 Å². The van der Waals surface area contributed by atoms with Gasteiger partial charge in [-0.1, -0.05) is 42.5 Å². The maximum absolute atomic E-state index is 12.6. The van der Waals surface area contributed by atoms with Crippen molar-refractivity contribution in [2.45, 2.75) is 6.54 Å². The van der Waals surface area contributed by atoms with Crippen molar-refractivity contribution in [3.05, 3.63) is 65.7 Å². The molecule has 0 unspecified atom stereocenters. The molecule has 27 heavy (non-hydrogen) atoms. The van der Waals surface area contributed by atoms with E-state index in [1.165, 1.54) is 0 Å². The summed E-state index contributed by atoms with van der Waals surface area (Å²) in [7, 11) is 2.09. The number of anilines is 1. The molecular weight excluding hydrogens is 340 g/mol. The van der Waals surface area contributed by atoms with Crippen LogP contribution in [0.2, 0.25) is 0 Å². The van der Waals surface area contributed by atoms with Crippen molar-refractivity contribution in [2.75, 3.05) is 45.1 Å². The van der Waals surface area contributed by atoms with E-state index < -0.39 is 0 Å². The van der Waals surface area contributed by atoms with Gasteiger partial charge >= 0.3 is 0 Å². The van der Waals surface area contributed by atoms with Crippen molar-refractivity contribution in [3.63, 3.8) is 0 Å². The molecule has 6 nitrogen and oxygen atoms in total. The highest BCUT2D eigenvalue weighted by atomic mass is 16.2. The van der Waals surface area contributed by atoms with E-state index in [-0.39, 0.29) is 11.8 Å². The fraction of sp³-hybridized carbons (Fsp3) is 0.333. The molecule has 1 heterocycles. The number of carbonyl (C=O) groups excluding carboxylic acids is 2. The Labute approximate surface area is 160 Å². The van der Waals surface area contributed by atoms with Gasteiger partial charge in [-0.15, -0.1) is 0 Å². The predicted molar refractivity (Wildman–Crippen MR) is 107 cm³/mol. The molecule has 1 aliphatic heterocycles. The fourth-order valence-electron chi connectivity index (χ4n) is 3.06. The van der Waals surface area contributed by atoms with E-state index in [1.54, 1.807) is 18.2 Å². The van der Waals surface area contributed by atoms with Crippen LogP contribution in [0.5, 0.6) is 0 Å². The molecule has 6 heteroatoms. The SMILES string of the molecule is CN1CCN(CC(=O)Nc2ccccc2C(=O)NCc2ccccc2)CC1. The number of hydrogen-bond acceptors (Lipinski definition) is 4. The van der Waals surface area contributed by atoms with Gasteiger partial charge in [0.2, 0.25) is 5.91 Å². The normalized spacial score (nSPS) is 15.3.